The number of aromatic nitrogens is 1. The molecule has 0 bridgehead atoms. The van der Waals surface area contributed by atoms with Gasteiger partial charge in [0, 0.05) is 24.8 Å². The third-order valence-corrected chi connectivity index (χ3v) is 5.48. The quantitative estimate of drug-likeness (QED) is 0.339. The number of hydrogen-bond donors (Lipinski definition) is 3. The molecule has 0 amide bonds. The fourth-order valence-corrected chi connectivity index (χ4v) is 4.15. The summed E-state index contributed by atoms with van der Waals surface area (Å²) in [6.07, 6.45) is 4.78. The van der Waals surface area contributed by atoms with Crippen LogP contribution in [0.5, 0.6) is 0 Å². The van der Waals surface area contributed by atoms with Gasteiger partial charge in [-0.2, -0.15) is 0 Å². The summed E-state index contributed by atoms with van der Waals surface area (Å²) in [5.41, 5.74) is 1.60. The first kappa shape index (κ1) is 29.0. The Morgan fingerprint density at radius 1 is 0.970 bits per heavy atom. The van der Waals surface area contributed by atoms with E-state index in [2.05, 4.69) is 4.98 Å². The molecule has 183 valence electrons. The Morgan fingerprint density at radius 2 is 1.48 bits per heavy atom. The SMILES string of the molecule is CC(C)OCc1ccc(CN(CC(=O)O)[C@H]2CCCCC2N(CC(=O)O)CC(=O)O)nc1.[Mn+2]. The smallest absolute Gasteiger partial charge is 0.480 e. The number of carboxylic acids is 3. The Kier molecular flexibility index (Phi) is 12.5. The Hall–Kier alpha value is -2.04. The second kappa shape index (κ2) is 14.3. The van der Waals surface area contributed by atoms with E-state index in [1.54, 1.807) is 11.1 Å². The van der Waals surface area contributed by atoms with Gasteiger partial charge in [0.2, 0.25) is 0 Å². The summed E-state index contributed by atoms with van der Waals surface area (Å²) in [4.78, 5) is 41.9. The molecular formula is C22H33MnN3O7+2. The Balaban J connectivity index is 0.00000544. The maximum Gasteiger partial charge on any atom is 2.00 e. The van der Waals surface area contributed by atoms with Crippen molar-refractivity contribution in [2.45, 2.75) is 70.9 Å². The van der Waals surface area contributed by atoms with Gasteiger partial charge < -0.3 is 20.1 Å². The molecule has 33 heavy (non-hydrogen) atoms. The number of hydrogen-bond acceptors (Lipinski definition) is 7. The van der Waals surface area contributed by atoms with Crippen molar-refractivity contribution in [1.82, 2.24) is 14.8 Å². The molecule has 1 aromatic rings. The van der Waals surface area contributed by atoms with E-state index < -0.39 is 31.0 Å². The van der Waals surface area contributed by atoms with Crippen LogP contribution in [0.1, 0.15) is 50.8 Å². The van der Waals surface area contributed by atoms with Gasteiger partial charge >= 0.3 is 35.0 Å². The number of rotatable bonds is 13. The summed E-state index contributed by atoms with van der Waals surface area (Å²) in [5, 5.41) is 28.0. The first-order chi connectivity index (χ1) is 15.2. The van der Waals surface area contributed by atoms with Crippen molar-refractivity contribution >= 4 is 17.9 Å². The number of nitrogens with zero attached hydrogens (tertiary/aromatic N) is 3. The average molecular weight is 506 g/mol. The summed E-state index contributed by atoms with van der Waals surface area (Å²) < 4.78 is 5.57. The Bertz CT molecular complexity index is 760. The molecule has 0 aliphatic heterocycles. The molecular weight excluding hydrogens is 473 g/mol. The zero-order chi connectivity index (χ0) is 23.7. The van der Waals surface area contributed by atoms with Crippen molar-refractivity contribution in [1.29, 1.82) is 0 Å². The minimum Gasteiger partial charge on any atom is -0.480 e. The predicted octanol–water partition coefficient (Wildman–Crippen LogP) is 1.67. The van der Waals surface area contributed by atoms with Crippen molar-refractivity contribution in [2.24, 2.45) is 0 Å². The fourth-order valence-electron chi connectivity index (χ4n) is 4.15. The van der Waals surface area contributed by atoms with Gasteiger partial charge in [-0.15, -0.1) is 0 Å². The molecule has 10 nitrogen and oxygen atoms in total. The van der Waals surface area contributed by atoms with Crippen molar-refractivity contribution in [2.75, 3.05) is 19.6 Å². The summed E-state index contributed by atoms with van der Waals surface area (Å²) in [7, 11) is 0. The second-order valence-corrected chi connectivity index (χ2v) is 8.43. The molecule has 1 aliphatic carbocycles. The van der Waals surface area contributed by atoms with Crippen molar-refractivity contribution in [3.63, 3.8) is 0 Å². The van der Waals surface area contributed by atoms with Gasteiger partial charge in [0.25, 0.3) is 0 Å². The van der Waals surface area contributed by atoms with Crippen LogP contribution in [0, 0.1) is 0 Å². The first-order valence-electron chi connectivity index (χ1n) is 10.8. The summed E-state index contributed by atoms with van der Waals surface area (Å²) in [5.74, 6) is -3.22. The number of aliphatic carboxylic acids is 3. The molecule has 11 heteroatoms. The fraction of sp³-hybridized carbons (Fsp3) is 0.636. The predicted molar refractivity (Wildman–Crippen MR) is 115 cm³/mol. The minimum atomic E-state index is -1.11. The van der Waals surface area contributed by atoms with Gasteiger partial charge in [0.1, 0.15) is 0 Å². The van der Waals surface area contributed by atoms with Crippen LogP contribution in [0.4, 0.5) is 0 Å². The molecule has 1 unspecified atom stereocenters. The van der Waals surface area contributed by atoms with Crippen LogP contribution in [0.25, 0.3) is 0 Å². The van der Waals surface area contributed by atoms with Crippen LogP contribution in [-0.4, -0.2) is 85.8 Å². The van der Waals surface area contributed by atoms with Gasteiger partial charge in [-0.3, -0.25) is 29.2 Å². The molecule has 1 saturated carbocycles. The standard InChI is InChI=1S/C22H33N3O7.Mn/c1-15(2)32-14-16-7-8-17(23-9-16)10-24(11-20(26)27)18-5-3-4-6-19(18)25(12-21(28)29)13-22(30)31;/h7-9,15,18-19H,3-6,10-14H2,1-2H3,(H,26,27)(H,28,29)(H,30,31);/q;+2/t18-,19?;/m0./s1. The van der Waals surface area contributed by atoms with Crippen molar-refractivity contribution < 1.29 is 51.5 Å². The number of carboxylic acid groups (broad SMARTS) is 3. The Labute approximate surface area is 204 Å². The first-order valence-corrected chi connectivity index (χ1v) is 10.8. The molecule has 2 atom stereocenters. The van der Waals surface area contributed by atoms with Gasteiger partial charge in [-0.05, 0) is 38.3 Å². The number of pyridine rings is 1. The van der Waals surface area contributed by atoms with E-state index in [1.807, 2.05) is 26.0 Å². The van der Waals surface area contributed by atoms with Crippen LogP contribution in [0.15, 0.2) is 18.3 Å². The minimum absolute atomic E-state index is 0. The zero-order valence-electron chi connectivity index (χ0n) is 19.0. The van der Waals surface area contributed by atoms with Gasteiger partial charge in [-0.25, -0.2) is 0 Å². The largest absolute Gasteiger partial charge is 2.00 e. The molecule has 3 N–H and O–H groups in total. The molecule has 0 saturated heterocycles. The third kappa shape index (κ3) is 10.2. The van der Waals surface area contributed by atoms with Crippen LogP contribution in [0.3, 0.4) is 0 Å². The molecule has 1 radical (unpaired) electrons. The normalized spacial score (nSPS) is 18.3. The summed E-state index contributed by atoms with van der Waals surface area (Å²) in [6.45, 7) is 3.55. The topological polar surface area (TPSA) is 140 Å². The van der Waals surface area contributed by atoms with Crippen LogP contribution in [-0.2, 0) is 49.3 Å². The van der Waals surface area contributed by atoms with E-state index in [9.17, 15) is 29.7 Å². The van der Waals surface area contributed by atoms with Crippen LogP contribution >= 0.6 is 0 Å². The average Bonchev–Trinajstić information content (AvgIpc) is 2.71. The molecule has 0 spiro atoms. The van der Waals surface area contributed by atoms with E-state index in [0.717, 1.165) is 18.4 Å². The molecule has 2 rings (SSSR count). The maximum atomic E-state index is 11.6. The van der Waals surface area contributed by atoms with E-state index >= 15 is 0 Å². The molecule has 1 fully saturated rings. The molecule has 1 aromatic heterocycles. The third-order valence-electron chi connectivity index (χ3n) is 5.48. The molecule has 1 heterocycles. The second-order valence-electron chi connectivity index (χ2n) is 8.43. The van der Waals surface area contributed by atoms with Gasteiger partial charge in [-0.1, -0.05) is 18.9 Å². The number of carbonyl (C=O) groups is 3. The van der Waals surface area contributed by atoms with Crippen molar-refractivity contribution in [3.05, 3.63) is 29.6 Å². The van der Waals surface area contributed by atoms with Crippen LogP contribution in [0.2, 0.25) is 0 Å². The van der Waals surface area contributed by atoms with Gasteiger partial charge in [0.15, 0.2) is 0 Å². The van der Waals surface area contributed by atoms with E-state index in [1.165, 1.54) is 4.90 Å². The van der Waals surface area contributed by atoms with E-state index in [-0.39, 0.29) is 48.3 Å². The Morgan fingerprint density at radius 3 is 1.94 bits per heavy atom. The maximum absolute atomic E-state index is 11.6. The van der Waals surface area contributed by atoms with Gasteiger partial charge in [0.05, 0.1) is 38.0 Å². The number of ether oxygens (including phenoxy) is 1. The summed E-state index contributed by atoms with van der Waals surface area (Å²) in [6, 6.07) is 3.07. The van der Waals surface area contributed by atoms with E-state index in [0.29, 0.717) is 25.1 Å². The summed E-state index contributed by atoms with van der Waals surface area (Å²) >= 11 is 0. The zero-order valence-corrected chi connectivity index (χ0v) is 20.2. The monoisotopic (exact) mass is 506 g/mol. The van der Waals surface area contributed by atoms with E-state index in [4.69, 9.17) is 4.74 Å². The molecule has 1 aliphatic rings. The van der Waals surface area contributed by atoms with Crippen molar-refractivity contribution in [3.8, 4) is 0 Å². The molecule has 0 aromatic carbocycles. The van der Waals surface area contributed by atoms with Crippen LogP contribution < -0.4 is 0 Å².